The fourth-order valence-corrected chi connectivity index (χ4v) is 2.97. The first-order chi connectivity index (χ1) is 10.1. The minimum atomic E-state index is -0.806. The van der Waals surface area contributed by atoms with Crippen molar-refractivity contribution in [2.24, 2.45) is 5.41 Å². The quantitative estimate of drug-likeness (QED) is 0.854. The molecule has 112 valence electrons. The van der Waals surface area contributed by atoms with Crippen molar-refractivity contribution in [1.29, 1.82) is 5.26 Å². The third-order valence-corrected chi connectivity index (χ3v) is 4.26. The summed E-state index contributed by atoms with van der Waals surface area (Å²) >= 11 is 0. The first kappa shape index (κ1) is 15.4. The maximum atomic E-state index is 12.7. The molecule has 1 amide bonds. The molecule has 0 aromatic heterocycles. The molecular formula is C17H22N2O2. The molecule has 21 heavy (non-hydrogen) atoms. The molecule has 4 nitrogen and oxygen atoms in total. The van der Waals surface area contributed by atoms with E-state index in [0.29, 0.717) is 19.4 Å². The van der Waals surface area contributed by atoms with E-state index in [1.54, 1.807) is 19.1 Å². The average Bonchev–Trinajstić information content (AvgIpc) is 2.55. The third kappa shape index (κ3) is 3.36. The number of hydrogen-bond acceptors (Lipinski definition) is 3. The van der Waals surface area contributed by atoms with Gasteiger partial charge in [-0.25, -0.2) is 0 Å². The Labute approximate surface area is 126 Å². The van der Waals surface area contributed by atoms with Crippen LogP contribution in [0, 0.1) is 16.7 Å². The van der Waals surface area contributed by atoms with Crippen LogP contribution in [-0.2, 0) is 11.3 Å². The zero-order valence-corrected chi connectivity index (χ0v) is 12.8. The molecule has 0 heterocycles. The van der Waals surface area contributed by atoms with Crippen LogP contribution in [0.2, 0.25) is 0 Å². The van der Waals surface area contributed by atoms with E-state index in [-0.39, 0.29) is 5.91 Å². The van der Waals surface area contributed by atoms with Crippen LogP contribution in [0.3, 0.4) is 0 Å². The van der Waals surface area contributed by atoms with Crippen molar-refractivity contribution in [3.63, 3.8) is 0 Å². The average molecular weight is 286 g/mol. The number of nitrogens with zero attached hydrogens (tertiary/aromatic N) is 2. The van der Waals surface area contributed by atoms with E-state index in [0.717, 1.165) is 30.6 Å². The fraction of sp³-hybridized carbons (Fsp3) is 0.529. The molecule has 4 heteroatoms. The second-order valence-electron chi connectivity index (χ2n) is 5.76. The van der Waals surface area contributed by atoms with E-state index < -0.39 is 5.41 Å². The molecule has 1 aromatic rings. The summed E-state index contributed by atoms with van der Waals surface area (Å²) in [5, 5.41) is 9.48. The summed E-state index contributed by atoms with van der Waals surface area (Å²) in [5.74, 6) is 0.758. The van der Waals surface area contributed by atoms with Gasteiger partial charge in [0.25, 0.3) is 0 Å². The predicted octanol–water partition coefficient (Wildman–Crippen LogP) is 3.13. The number of benzene rings is 1. The maximum absolute atomic E-state index is 12.7. The van der Waals surface area contributed by atoms with E-state index in [2.05, 4.69) is 6.07 Å². The Hall–Kier alpha value is -2.02. The molecule has 0 aliphatic heterocycles. The molecule has 0 spiro atoms. The number of rotatable bonds is 4. The van der Waals surface area contributed by atoms with Gasteiger partial charge in [-0.3, -0.25) is 4.79 Å². The molecule has 1 aliphatic rings. The summed E-state index contributed by atoms with van der Waals surface area (Å²) < 4.78 is 5.13. The number of ether oxygens (including phenoxy) is 1. The van der Waals surface area contributed by atoms with Crippen LogP contribution in [-0.4, -0.2) is 25.0 Å². The summed E-state index contributed by atoms with van der Waals surface area (Å²) in [5.41, 5.74) is 0.231. The number of hydrogen-bond donors (Lipinski definition) is 0. The Bertz CT molecular complexity index is 525. The van der Waals surface area contributed by atoms with E-state index in [9.17, 15) is 10.1 Å². The van der Waals surface area contributed by atoms with Crippen molar-refractivity contribution in [2.45, 2.75) is 38.6 Å². The first-order valence-corrected chi connectivity index (χ1v) is 7.41. The lowest BCUT2D eigenvalue weighted by molar-refractivity contribution is -0.139. The minimum Gasteiger partial charge on any atom is -0.497 e. The molecule has 0 unspecified atom stereocenters. The monoisotopic (exact) mass is 286 g/mol. The van der Waals surface area contributed by atoms with Crippen LogP contribution in [0.1, 0.15) is 37.7 Å². The number of nitriles is 1. The molecule has 0 saturated heterocycles. The van der Waals surface area contributed by atoms with Crippen LogP contribution in [0.5, 0.6) is 5.75 Å². The molecule has 1 fully saturated rings. The standard InChI is InChI=1S/C17H22N2O2/c1-19(12-14-6-8-15(21-2)9-7-14)16(20)17(13-18)10-4-3-5-11-17/h6-9H,3-5,10-12H2,1-2H3. The Kier molecular flexibility index (Phi) is 4.85. The van der Waals surface area contributed by atoms with Gasteiger partial charge in [0.15, 0.2) is 0 Å². The molecule has 0 radical (unpaired) electrons. The number of carbonyl (C=O) groups is 1. The second-order valence-corrected chi connectivity index (χ2v) is 5.76. The van der Waals surface area contributed by atoms with Gasteiger partial charge in [-0.2, -0.15) is 5.26 Å². The molecule has 1 aromatic carbocycles. The molecule has 0 bridgehead atoms. The topological polar surface area (TPSA) is 53.3 Å². The largest absolute Gasteiger partial charge is 0.497 e. The van der Waals surface area contributed by atoms with Crippen LogP contribution in [0.15, 0.2) is 24.3 Å². The zero-order valence-electron chi connectivity index (χ0n) is 12.8. The third-order valence-electron chi connectivity index (χ3n) is 4.26. The lowest BCUT2D eigenvalue weighted by atomic mass is 9.74. The van der Waals surface area contributed by atoms with Crippen LogP contribution in [0.25, 0.3) is 0 Å². The van der Waals surface area contributed by atoms with Gasteiger partial charge in [0.1, 0.15) is 11.2 Å². The highest BCUT2D eigenvalue weighted by molar-refractivity contribution is 5.85. The Morgan fingerprint density at radius 3 is 2.43 bits per heavy atom. The lowest BCUT2D eigenvalue weighted by Gasteiger charge is -2.33. The smallest absolute Gasteiger partial charge is 0.243 e. The second kappa shape index (κ2) is 6.62. The molecule has 0 atom stereocenters. The van der Waals surface area contributed by atoms with Gasteiger partial charge >= 0.3 is 0 Å². The molecule has 2 rings (SSSR count). The van der Waals surface area contributed by atoms with Gasteiger partial charge in [-0.15, -0.1) is 0 Å². The van der Waals surface area contributed by atoms with E-state index in [1.807, 2.05) is 24.3 Å². The van der Waals surface area contributed by atoms with Crippen LogP contribution in [0.4, 0.5) is 0 Å². The fourth-order valence-electron chi connectivity index (χ4n) is 2.97. The molecule has 0 N–H and O–H groups in total. The Morgan fingerprint density at radius 2 is 1.90 bits per heavy atom. The minimum absolute atomic E-state index is 0.0412. The number of methoxy groups -OCH3 is 1. The lowest BCUT2D eigenvalue weighted by Crippen LogP contribution is -2.42. The number of amides is 1. The van der Waals surface area contributed by atoms with Crippen LogP contribution >= 0.6 is 0 Å². The van der Waals surface area contributed by atoms with E-state index in [1.165, 1.54) is 0 Å². The molecule has 1 aliphatic carbocycles. The highest BCUT2D eigenvalue weighted by Crippen LogP contribution is 2.37. The zero-order chi connectivity index (χ0) is 15.3. The van der Waals surface area contributed by atoms with Gasteiger partial charge in [0, 0.05) is 13.6 Å². The van der Waals surface area contributed by atoms with Crippen molar-refractivity contribution >= 4 is 5.91 Å². The van der Waals surface area contributed by atoms with E-state index >= 15 is 0 Å². The summed E-state index contributed by atoms with van der Waals surface area (Å²) in [6, 6.07) is 9.95. The molecular weight excluding hydrogens is 264 g/mol. The Morgan fingerprint density at radius 1 is 1.29 bits per heavy atom. The van der Waals surface area contributed by atoms with Crippen molar-refractivity contribution in [1.82, 2.24) is 4.90 Å². The van der Waals surface area contributed by atoms with Crippen molar-refractivity contribution in [2.75, 3.05) is 14.2 Å². The van der Waals surface area contributed by atoms with Gasteiger partial charge < -0.3 is 9.64 Å². The van der Waals surface area contributed by atoms with Crippen molar-refractivity contribution in [3.8, 4) is 11.8 Å². The van der Waals surface area contributed by atoms with Gasteiger partial charge in [-0.1, -0.05) is 31.4 Å². The highest BCUT2D eigenvalue weighted by atomic mass is 16.5. The SMILES string of the molecule is COc1ccc(CN(C)C(=O)C2(C#N)CCCCC2)cc1. The van der Waals surface area contributed by atoms with Gasteiger partial charge in [0.05, 0.1) is 13.2 Å². The van der Waals surface area contributed by atoms with E-state index in [4.69, 9.17) is 4.74 Å². The van der Waals surface area contributed by atoms with Crippen molar-refractivity contribution < 1.29 is 9.53 Å². The predicted molar refractivity (Wildman–Crippen MR) is 80.6 cm³/mol. The normalized spacial score (nSPS) is 16.8. The number of carbonyl (C=O) groups excluding carboxylic acids is 1. The maximum Gasteiger partial charge on any atom is 0.243 e. The van der Waals surface area contributed by atoms with Gasteiger partial charge in [-0.05, 0) is 30.5 Å². The van der Waals surface area contributed by atoms with Crippen molar-refractivity contribution in [3.05, 3.63) is 29.8 Å². The summed E-state index contributed by atoms with van der Waals surface area (Å²) in [4.78, 5) is 14.3. The van der Waals surface area contributed by atoms with Crippen LogP contribution < -0.4 is 4.74 Å². The summed E-state index contributed by atoms with van der Waals surface area (Å²) in [6.45, 7) is 0.520. The van der Waals surface area contributed by atoms with Gasteiger partial charge in [0.2, 0.25) is 5.91 Å². The Balaban J connectivity index is 2.06. The highest BCUT2D eigenvalue weighted by Gasteiger charge is 2.41. The molecule has 1 saturated carbocycles. The summed E-state index contributed by atoms with van der Waals surface area (Å²) in [6.07, 6.45) is 4.44. The first-order valence-electron chi connectivity index (χ1n) is 7.41. The summed E-state index contributed by atoms with van der Waals surface area (Å²) in [7, 11) is 3.41.